The first-order valence-corrected chi connectivity index (χ1v) is 5.82. The van der Waals surface area contributed by atoms with Gasteiger partial charge in [-0.2, -0.15) is 0 Å². The molecular weight excluding hydrogens is 212 g/mol. The van der Waals surface area contributed by atoms with Gasteiger partial charge in [0.05, 0.1) is 0 Å². The van der Waals surface area contributed by atoms with Gasteiger partial charge in [0.15, 0.2) is 11.0 Å². The van der Waals surface area contributed by atoms with E-state index in [0.29, 0.717) is 5.57 Å². The topological polar surface area (TPSA) is 51.2 Å². The Morgan fingerprint density at radius 3 is 2.54 bits per heavy atom. The lowest BCUT2D eigenvalue weighted by Gasteiger charge is -2.10. The highest BCUT2D eigenvalue weighted by Crippen LogP contribution is 2.18. The van der Waals surface area contributed by atoms with Crippen molar-refractivity contribution in [3.8, 4) is 0 Å². The van der Waals surface area contributed by atoms with Crippen LogP contribution in [0.2, 0.25) is 0 Å². The molecule has 1 unspecified atom stereocenters. The normalized spacial score (nSPS) is 22.7. The Bertz CT molecular complexity index is 403. The van der Waals surface area contributed by atoms with Crippen LogP contribution in [0.3, 0.4) is 0 Å². The van der Waals surface area contributed by atoms with Gasteiger partial charge in [-0.25, -0.2) is 8.42 Å². The third-order valence-electron chi connectivity index (χ3n) is 1.60. The average molecular weight is 219 g/mol. The minimum Gasteiger partial charge on any atom is -0.293 e. The van der Waals surface area contributed by atoms with Crippen molar-refractivity contribution in [2.45, 2.75) is 5.25 Å². The standard InChI is InChI=1S/C8H7ClO3S/c1-2-6-3-4-7(10)8(5-6)13(9,11)12/h2-5,8H,1H2. The number of carbonyl (C=O) groups excluding carboxylic acids is 1. The highest BCUT2D eigenvalue weighted by molar-refractivity contribution is 8.14. The third-order valence-corrected chi connectivity index (χ3v) is 3.15. The molecule has 0 aliphatic heterocycles. The van der Waals surface area contributed by atoms with Gasteiger partial charge in [-0.05, 0) is 11.6 Å². The molecule has 0 aromatic carbocycles. The van der Waals surface area contributed by atoms with Gasteiger partial charge in [0.25, 0.3) is 0 Å². The van der Waals surface area contributed by atoms with Crippen molar-refractivity contribution in [2.24, 2.45) is 0 Å². The van der Waals surface area contributed by atoms with Crippen LogP contribution >= 0.6 is 10.7 Å². The summed E-state index contributed by atoms with van der Waals surface area (Å²) < 4.78 is 21.8. The van der Waals surface area contributed by atoms with Crippen LogP contribution in [-0.2, 0) is 13.8 Å². The summed E-state index contributed by atoms with van der Waals surface area (Å²) in [6.07, 6.45) is 5.41. The van der Waals surface area contributed by atoms with Crippen molar-refractivity contribution < 1.29 is 13.2 Å². The van der Waals surface area contributed by atoms with E-state index in [1.165, 1.54) is 24.3 Å². The largest absolute Gasteiger partial charge is 0.293 e. The summed E-state index contributed by atoms with van der Waals surface area (Å²) in [7, 11) is 1.20. The number of halogens is 1. The molecule has 5 heteroatoms. The average Bonchev–Trinajstić information content (AvgIpc) is 2.03. The molecule has 1 aliphatic carbocycles. The molecule has 0 amide bonds. The summed E-state index contributed by atoms with van der Waals surface area (Å²) in [6.45, 7) is 3.46. The molecule has 1 aliphatic rings. The van der Waals surface area contributed by atoms with Crippen LogP contribution in [0, 0.1) is 0 Å². The molecule has 3 nitrogen and oxygen atoms in total. The van der Waals surface area contributed by atoms with Crippen molar-refractivity contribution in [2.75, 3.05) is 0 Å². The molecular formula is C8H7ClO3S. The number of ketones is 1. The number of hydrogen-bond acceptors (Lipinski definition) is 3. The van der Waals surface area contributed by atoms with Crippen LogP contribution in [0.1, 0.15) is 0 Å². The van der Waals surface area contributed by atoms with Gasteiger partial charge < -0.3 is 0 Å². The predicted octanol–water partition coefficient (Wildman–Crippen LogP) is 1.17. The summed E-state index contributed by atoms with van der Waals surface area (Å²) in [5.74, 6) is -0.527. The number of hydrogen-bond donors (Lipinski definition) is 0. The second-order valence-electron chi connectivity index (χ2n) is 2.50. The lowest BCUT2D eigenvalue weighted by atomic mass is 10.1. The summed E-state index contributed by atoms with van der Waals surface area (Å²) in [6, 6.07) is 0. The SMILES string of the molecule is C=CC1=CC(S(=O)(=O)Cl)C(=O)C=C1. The van der Waals surface area contributed by atoms with Crippen molar-refractivity contribution >= 4 is 25.5 Å². The van der Waals surface area contributed by atoms with Crippen molar-refractivity contribution in [3.63, 3.8) is 0 Å². The van der Waals surface area contributed by atoms with E-state index in [4.69, 9.17) is 10.7 Å². The van der Waals surface area contributed by atoms with Crippen LogP contribution in [0.4, 0.5) is 0 Å². The Morgan fingerprint density at radius 1 is 1.46 bits per heavy atom. The van der Waals surface area contributed by atoms with Crippen molar-refractivity contribution in [3.05, 3.63) is 36.5 Å². The van der Waals surface area contributed by atoms with E-state index in [1.54, 1.807) is 0 Å². The molecule has 0 fully saturated rings. The fraction of sp³-hybridized carbons (Fsp3) is 0.125. The summed E-state index contributed by atoms with van der Waals surface area (Å²) in [4.78, 5) is 11.1. The van der Waals surface area contributed by atoms with Gasteiger partial charge in [-0.1, -0.05) is 24.8 Å². The van der Waals surface area contributed by atoms with E-state index >= 15 is 0 Å². The lowest BCUT2D eigenvalue weighted by Crippen LogP contribution is -2.25. The molecule has 0 N–H and O–H groups in total. The second-order valence-corrected chi connectivity index (χ2v) is 5.25. The van der Waals surface area contributed by atoms with Gasteiger partial charge in [0.2, 0.25) is 9.05 Å². The Kier molecular flexibility index (Phi) is 2.73. The molecule has 1 rings (SSSR count). The van der Waals surface area contributed by atoms with Crippen LogP contribution in [0.15, 0.2) is 36.5 Å². The Hall–Kier alpha value is -0.870. The fourth-order valence-electron chi connectivity index (χ4n) is 0.942. The van der Waals surface area contributed by atoms with Gasteiger partial charge in [0, 0.05) is 10.7 Å². The van der Waals surface area contributed by atoms with E-state index < -0.39 is 20.1 Å². The zero-order valence-electron chi connectivity index (χ0n) is 6.60. The molecule has 0 saturated heterocycles. The zero-order chi connectivity index (χ0) is 10.1. The first kappa shape index (κ1) is 10.2. The molecule has 70 valence electrons. The first-order chi connectivity index (χ1) is 5.95. The highest BCUT2D eigenvalue weighted by Gasteiger charge is 2.28. The van der Waals surface area contributed by atoms with E-state index in [-0.39, 0.29) is 0 Å². The molecule has 0 aromatic rings. The Morgan fingerprint density at radius 2 is 2.08 bits per heavy atom. The maximum absolute atomic E-state index is 11.1. The van der Waals surface area contributed by atoms with Crippen LogP contribution in [0.5, 0.6) is 0 Å². The second kappa shape index (κ2) is 3.47. The monoisotopic (exact) mass is 218 g/mol. The Balaban J connectivity index is 3.13. The Labute approximate surface area is 80.8 Å². The predicted molar refractivity (Wildman–Crippen MR) is 51.0 cm³/mol. The molecule has 0 spiro atoms. The number of carbonyl (C=O) groups is 1. The van der Waals surface area contributed by atoms with Gasteiger partial charge in [-0.3, -0.25) is 4.79 Å². The summed E-state index contributed by atoms with van der Waals surface area (Å²) in [5.41, 5.74) is 0.578. The molecule has 0 bridgehead atoms. The van der Waals surface area contributed by atoms with Gasteiger partial charge >= 0.3 is 0 Å². The molecule has 0 aromatic heterocycles. The summed E-state index contributed by atoms with van der Waals surface area (Å²) in [5, 5.41) is -1.27. The van der Waals surface area contributed by atoms with E-state index in [9.17, 15) is 13.2 Å². The smallest absolute Gasteiger partial charge is 0.246 e. The molecule has 0 heterocycles. The van der Waals surface area contributed by atoms with Crippen LogP contribution < -0.4 is 0 Å². The lowest BCUT2D eigenvalue weighted by molar-refractivity contribution is -0.113. The van der Waals surface area contributed by atoms with Gasteiger partial charge in [0.1, 0.15) is 0 Å². The number of rotatable bonds is 2. The van der Waals surface area contributed by atoms with Crippen molar-refractivity contribution in [1.82, 2.24) is 0 Å². The fourth-order valence-corrected chi connectivity index (χ4v) is 2.04. The third kappa shape index (κ3) is 2.29. The first-order valence-electron chi connectivity index (χ1n) is 3.45. The maximum atomic E-state index is 11.1. The van der Waals surface area contributed by atoms with Crippen LogP contribution in [0.25, 0.3) is 0 Å². The number of allylic oxidation sites excluding steroid dienone is 4. The summed E-state index contributed by atoms with van der Waals surface area (Å²) >= 11 is 0. The molecule has 1 atom stereocenters. The highest BCUT2D eigenvalue weighted by atomic mass is 35.7. The molecule has 13 heavy (non-hydrogen) atoms. The zero-order valence-corrected chi connectivity index (χ0v) is 8.18. The minimum atomic E-state index is -3.87. The minimum absolute atomic E-state index is 0.527. The van der Waals surface area contributed by atoms with Gasteiger partial charge in [-0.15, -0.1) is 0 Å². The van der Waals surface area contributed by atoms with E-state index in [0.717, 1.165) is 0 Å². The quantitative estimate of drug-likeness (QED) is 0.654. The molecule has 0 saturated carbocycles. The molecule has 0 radical (unpaired) electrons. The maximum Gasteiger partial charge on any atom is 0.246 e. The van der Waals surface area contributed by atoms with E-state index in [1.807, 2.05) is 0 Å². The van der Waals surface area contributed by atoms with Crippen LogP contribution in [-0.4, -0.2) is 19.5 Å². The van der Waals surface area contributed by atoms with Crippen molar-refractivity contribution in [1.29, 1.82) is 0 Å². The van der Waals surface area contributed by atoms with E-state index in [2.05, 4.69) is 6.58 Å².